The molecule has 1 aliphatic rings. The van der Waals surface area contributed by atoms with Crippen LogP contribution in [0.1, 0.15) is 51.0 Å². The van der Waals surface area contributed by atoms with Crippen molar-refractivity contribution in [2.45, 2.75) is 68.7 Å². The minimum Gasteiger partial charge on any atom is -0.466 e. The van der Waals surface area contributed by atoms with Crippen molar-refractivity contribution in [1.29, 1.82) is 0 Å². The second kappa shape index (κ2) is 12.7. The third-order valence-electron chi connectivity index (χ3n) is 6.07. The molecule has 0 saturated heterocycles. The Hall–Kier alpha value is -2.18. The Balaban J connectivity index is 1.77. The lowest BCUT2D eigenvalue weighted by Crippen LogP contribution is -2.40. The van der Waals surface area contributed by atoms with Crippen LogP contribution in [0.3, 0.4) is 0 Å². The number of alkyl halides is 3. The van der Waals surface area contributed by atoms with E-state index in [9.17, 15) is 31.2 Å². The summed E-state index contributed by atoms with van der Waals surface area (Å²) >= 11 is 0. The number of hydrogen-bond acceptors (Lipinski definition) is 6. The third kappa shape index (κ3) is 8.46. The van der Waals surface area contributed by atoms with E-state index < -0.39 is 21.8 Å². The highest BCUT2D eigenvalue weighted by atomic mass is 32.2. The molecule has 1 aliphatic carbocycles. The van der Waals surface area contributed by atoms with Gasteiger partial charge in [-0.25, -0.2) is 8.42 Å². The minimum atomic E-state index is -4.53. The van der Waals surface area contributed by atoms with Gasteiger partial charge >= 0.3 is 12.1 Å². The van der Waals surface area contributed by atoms with Crippen molar-refractivity contribution < 1.29 is 40.7 Å². The van der Waals surface area contributed by atoms with E-state index in [0.717, 1.165) is 24.3 Å². The van der Waals surface area contributed by atoms with Gasteiger partial charge in [-0.15, -0.1) is 0 Å². The molecule has 0 heterocycles. The number of halogens is 3. The summed E-state index contributed by atoms with van der Waals surface area (Å²) in [4.78, 5) is 24.8. The van der Waals surface area contributed by atoms with Gasteiger partial charge in [-0.2, -0.15) is 17.5 Å². The van der Waals surface area contributed by atoms with Crippen LogP contribution in [0.2, 0.25) is 0 Å². The maximum atomic E-state index is 12.9. The number of carbonyl (C=O) groups excluding carboxylic acids is 2. The fourth-order valence-electron chi connectivity index (χ4n) is 3.87. The fourth-order valence-corrected chi connectivity index (χ4v) is 5.29. The van der Waals surface area contributed by atoms with Crippen LogP contribution < -0.4 is 0 Å². The first-order chi connectivity index (χ1) is 16.4. The smallest absolute Gasteiger partial charge is 0.416 e. The van der Waals surface area contributed by atoms with Gasteiger partial charge in [-0.05, 0) is 56.9 Å². The van der Waals surface area contributed by atoms with Crippen molar-refractivity contribution in [2.75, 3.05) is 33.9 Å². The van der Waals surface area contributed by atoms with Crippen LogP contribution in [0.4, 0.5) is 13.2 Å². The Kier molecular flexibility index (Phi) is 10.5. The van der Waals surface area contributed by atoms with Gasteiger partial charge in [0, 0.05) is 26.7 Å². The zero-order chi connectivity index (χ0) is 26.2. The zero-order valence-electron chi connectivity index (χ0n) is 20.2. The standard InChI is InChI=1S/C23H33F3N2O6S/c1-4-33-22(30)13-15-27(2)21(29)14-16-34-19-9-7-18(8-10-19)28(3)35(31,32)20-11-5-17(6-12-20)23(24,25)26/h5-6,11-12,18-19H,4,7-10,13-16H2,1-3H3. The Bertz CT molecular complexity index is 945. The molecule has 0 bridgehead atoms. The monoisotopic (exact) mass is 522 g/mol. The Labute approximate surface area is 204 Å². The number of rotatable bonds is 11. The molecule has 0 radical (unpaired) electrons. The number of sulfonamides is 1. The molecule has 1 aromatic carbocycles. The lowest BCUT2D eigenvalue weighted by Gasteiger charge is -2.34. The van der Waals surface area contributed by atoms with Crippen LogP contribution in [-0.4, -0.2) is 75.5 Å². The summed E-state index contributed by atoms with van der Waals surface area (Å²) in [6.45, 7) is 2.50. The van der Waals surface area contributed by atoms with E-state index in [2.05, 4.69) is 0 Å². The molecule has 0 aromatic heterocycles. The predicted molar refractivity (Wildman–Crippen MR) is 122 cm³/mol. The number of carbonyl (C=O) groups is 2. The van der Waals surface area contributed by atoms with Gasteiger partial charge in [0.15, 0.2) is 0 Å². The van der Waals surface area contributed by atoms with Gasteiger partial charge in [0.1, 0.15) is 0 Å². The highest BCUT2D eigenvalue weighted by Crippen LogP contribution is 2.32. The average molecular weight is 523 g/mol. The maximum absolute atomic E-state index is 12.9. The molecule has 0 aliphatic heterocycles. The molecular weight excluding hydrogens is 489 g/mol. The number of benzene rings is 1. The molecule has 1 amide bonds. The van der Waals surface area contributed by atoms with Crippen molar-refractivity contribution >= 4 is 21.9 Å². The lowest BCUT2D eigenvalue weighted by molar-refractivity contribution is -0.144. The Morgan fingerprint density at radius 3 is 2.17 bits per heavy atom. The molecule has 8 nitrogen and oxygen atoms in total. The summed E-state index contributed by atoms with van der Waals surface area (Å²) < 4.78 is 75.8. The van der Waals surface area contributed by atoms with Crippen LogP contribution in [0.15, 0.2) is 29.2 Å². The number of ether oxygens (including phenoxy) is 2. The SMILES string of the molecule is CCOC(=O)CCN(C)C(=O)CCOC1CCC(N(C)S(=O)(=O)c2ccc(C(F)(F)F)cc2)CC1. The van der Waals surface area contributed by atoms with E-state index in [1.807, 2.05) is 0 Å². The van der Waals surface area contributed by atoms with Crippen LogP contribution >= 0.6 is 0 Å². The van der Waals surface area contributed by atoms with Crippen LogP contribution in [0, 0.1) is 0 Å². The molecule has 35 heavy (non-hydrogen) atoms. The van der Waals surface area contributed by atoms with Crippen molar-refractivity contribution in [1.82, 2.24) is 9.21 Å². The Morgan fingerprint density at radius 1 is 1.03 bits per heavy atom. The summed E-state index contributed by atoms with van der Waals surface area (Å²) in [6.07, 6.45) is -2.07. The second-order valence-electron chi connectivity index (χ2n) is 8.47. The van der Waals surface area contributed by atoms with Crippen LogP contribution in [0.5, 0.6) is 0 Å². The predicted octanol–water partition coefficient (Wildman–Crippen LogP) is 3.46. The van der Waals surface area contributed by atoms with Gasteiger partial charge < -0.3 is 14.4 Å². The molecule has 2 rings (SSSR count). The number of amides is 1. The van der Waals surface area contributed by atoms with Crippen molar-refractivity contribution in [3.63, 3.8) is 0 Å². The zero-order valence-corrected chi connectivity index (χ0v) is 21.0. The average Bonchev–Trinajstić information content (AvgIpc) is 2.82. The van der Waals surface area contributed by atoms with E-state index in [1.54, 1.807) is 14.0 Å². The molecule has 0 atom stereocenters. The first kappa shape index (κ1) is 29.1. The van der Waals surface area contributed by atoms with Crippen molar-refractivity contribution in [3.8, 4) is 0 Å². The summed E-state index contributed by atoms with van der Waals surface area (Å²) in [7, 11) is -0.884. The molecule has 0 spiro atoms. The van der Waals surface area contributed by atoms with E-state index >= 15 is 0 Å². The van der Waals surface area contributed by atoms with Gasteiger partial charge in [-0.3, -0.25) is 9.59 Å². The van der Waals surface area contributed by atoms with Gasteiger partial charge in [0.2, 0.25) is 15.9 Å². The molecule has 198 valence electrons. The normalized spacial score (nSPS) is 18.9. The molecule has 1 saturated carbocycles. The number of esters is 1. The quantitative estimate of drug-likeness (QED) is 0.414. The van der Waals surface area contributed by atoms with E-state index in [4.69, 9.17) is 9.47 Å². The largest absolute Gasteiger partial charge is 0.466 e. The fraction of sp³-hybridized carbons (Fsp3) is 0.652. The van der Waals surface area contributed by atoms with Crippen LogP contribution in [-0.2, 0) is 35.3 Å². The number of nitrogens with zero attached hydrogens (tertiary/aromatic N) is 2. The molecular formula is C23H33F3N2O6S. The summed E-state index contributed by atoms with van der Waals surface area (Å²) in [5, 5.41) is 0. The first-order valence-electron chi connectivity index (χ1n) is 11.5. The van der Waals surface area contributed by atoms with Crippen molar-refractivity contribution in [2.24, 2.45) is 0 Å². The highest BCUT2D eigenvalue weighted by molar-refractivity contribution is 7.89. The van der Waals surface area contributed by atoms with Gasteiger partial charge in [0.25, 0.3) is 0 Å². The molecule has 1 aromatic rings. The van der Waals surface area contributed by atoms with Gasteiger partial charge in [0.05, 0.1) is 42.6 Å². The first-order valence-corrected chi connectivity index (χ1v) is 13.0. The van der Waals surface area contributed by atoms with E-state index in [-0.39, 0.29) is 54.9 Å². The maximum Gasteiger partial charge on any atom is 0.416 e. The van der Waals surface area contributed by atoms with Crippen molar-refractivity contribution in [3.05, 3.63) is 29.8 Å². The van der Waals surface area contributed by atoms with Gasteiger partial charge in [-0.1, -0.05) is 0 Å². The second-order valence-corrected chi connectivity index (χ2v) is 10.5. The number of hydrogen-bond donors (Lipinski definition) is 0. The highest BCUT2D eigenvalue weighted by Gasteiger charge is 2.34. The molecule has 0 N–H and O–H groups in total. The van der Waals surface area contributed by atoms with E-state index in [1.165, 1.54) is 16.3 Å². The Morgan fingerprint density at radius 2 is 1.63 bits per heavy atom. The minimum absolute atomic E-state index is 0.105. The molecule has 12 heteroatoms. The van der Waals surface area contributed by atoms with Crippen LogP contribution in [0.25, 0.3) is 0 Å². The molecule has 1 fully saturated rings. The topological polar surface area (TPSA) is 93.2 Å². The molecule has 0 unspecified atom stereocenters. The summed E-state index contributed by atoms with van der Waals surface area (Å²) in [6, 6.07) is 3.19. The summed E-state index contributed by atoms with van der Waals surface area (Å²) in [5.74, 6) is -0.504. The lowest BCUT2D eigenvalue weighted by atomic mass is 9.93. The van der Waals surface area contributed by atoms with E-state index in [0.29, 0.717) is 32.3 Å². The third-order valence-corrected chi connectivity index (χ3v) is 7.99. The summed E-state index contributed by atoms with van der Waals surface area (Å²) in [5.41, 5.74) is -0.902.